The number of carbonyl (C=O) groups excluding carboxylic acids is 3. The minimum absolute atomic E-state index is 0.0726. The number of hydrogen-bond donors (Lipinski definition) is 2. The summed E-state index contributed by atoms with van der Waals surface area (Å²) in [5, 5.41) is 6.18. The number of fused-ring (bicyclic) bond motifs is 1. The largest absolute Gasteiger partial charge is 0.334 e. The number of aryl methyl sites for hydroxylation is 1. The Bertz CT molecular complexity index is 1110. The number of ketones is 1. The molecule has 1 fully saturated rings. The first-order valence-electron chi connectivity index (χ1n) is 10.7. The van der Waals surface area contributed by atoms with Crippen molar-refractivity contribution in [3.63, 3.8) is 0 Å². The van der Waals surface area contributed by atoms with Crippen molar-refractivity contribution in [3.8, 4) is 0 Å². The van der Waals surface area contributed by atoms with Gasteiger partial charge in [-0.25, -0.2) is 4.79 Å². The molecule has 0 bridgehead atoms. The van der Waals surface area contributed by atoms with Gasteiger partial charge in [0.25, 0.3) is 5.91 Å². The first-order chi connectivity index (χ1) is 15.3. The Hall–Kier alpha value is -3.12. The van der Waals surface area contributed by atoms with Crippen LogP contribution >= 0.6 is 11.6 Å². The van der Waals surface area contributed by atoms with Gasteiger partial charge in [0.05, 0.1) is 6.04 Å². The van der Waals surface area contributed by atoms with Gasteiger partial charge in [0.2, 0.25) is 0 Å². The molecule has 7 heteroatoms. The summed E-state index contributed by atoms with van der Waals surface area (Å²) < 4.78 is 0. The molecule has 1 aliphatic carbocycles. The van der Waals surface area contributed by atoms with E-state index in [1.807, 2.05) is 25.1 Å². The summed E-state index contributed by atoms with van der Waals surface area (Å²) in [5.74, 6) is -0.0252. The number of allylic oxidation sites excluding steroid dienone is 1. The fourth-order valence-corrected chi connectivity index (χ4v) is 4.46. The Morgan fingerprint density at radius 2 is 2.03 bits per heavy atom. The Labute approximate surface area is 192 Å². The number of rotatable bonds is 4. The van der Waals surface area contributed by atoms with Crippen LogP contribution in [0.5, 0.6) is 0 Å². The Balaban J connectivity index is 1.39. The van der Waals surface area contributed by atoms with E-state index in [-0.39, 0.29) is 23.8 Å². The maximum Gasteiger partial charge on any atom is 0.319 e. The van der Waals surface area contributed by atoms with Gasteiger partial charge in [0.15, 0.2) is 5.78 Å². The fourth-order valence-electron chi connectivity index (χ4n) is 4.28. The summed E-state index contributed by atoms with van der Waals surface area (Å²) in [5.41, 5.74) is 4.90. The molecular formula is C25H26ClN3O3. The normalized spacial score (nSPS) is 18.4. The highest BCUT2D eigenvalue weighted by molar-refractivity contribution is 6.31. The van der Waals surface area contributed by atoms with E-state index in [0.717, 1.165) is 35.1 Å². The predicted molar refractivity (Wildman–Crippen MR) is 125 cm³/mol. The number of anilines is 1. The van der Waals surface area contributed by atoms with E-state index in [4.69, 9.17) is 11.6 Å². The number of hydrogen-bond acceptors (Lipinski definition) is 3. The lowest BCUT2D eigenvalue weighted by atomic mass is 10.1. The average molecular weight is 452 g/mol. The van der Waals surface area contributed by atoms with Gasteiger partial charge in [-0.1, -0.05) is 42.0 Å². The zero-order chi connectivity index (χ0) is 22.8. The van der Waals surface area contributed by atoms with Crippen LogP contribution in [0.4, 0.5) is 10.5 Å². The third-order valence-electron chi connectivity index (χ3n) is 6.06. The highest BCUT2D eigenvalue weighted by Crippen LogP contribution is 2.30. The van der Waals surface area contributed by atoms with E-state index in [0.29, 0.717) is 42.2 Å². The molecule has 32 heavy (non-hydrogen) atoms. The average Bonchev–Trinajstić information content (AvgIpc) is 2.97. The number of halogens is 1. The van der Waals surface area contributed by atoms with Gasteiger partial charge in [-0.05, 0) is 61.1 Å². The molecule has 0 radical (unpaired) electrons. The lowest BCUT2D eigenvalue weighted by molar-refractivity contribution is -0.122. The van der Waals surface area contributed by atoms with Crippen molar-refractivity contribution in [3.05, 3.63) is 75.8 Å². The summed E-state index contributed by atoms with van der Waals surface area (Å²) in [6, 6.07) is 10.2. The van der Waals surface area contributed by atoms with Crippen LogP contribution in [0, 0.1) is 6.92 Å². The number of nitrogens with zero attached hydrogens (tertiary/aromatic N) is 1. The smallest absolute Gasteiger partial charge is 0.319 e. The number of benzene rings is 2. The molecule has 6 nitrogen and oxygen atoms in total. The number of urea groups is 1. The summed E-state index contributed by atoms with van der Waals surface area (Å²) >= 11 is 6.10. The quantitative estimate of drug-likeness (QED) is 0.507. The third-order valence-corrected chi connectivity index (χ3v) is 6.47. The third kappa shape index (κ3) is 4.70. The summed E-state index contributed by atoms with van der Waals surface area (Å²) in [6.45, 7) is 6.58. The number of carbonyl (C=O) groups is 3. The second-order valence-electron chi connectivity index (χ2n) is 8.50. The van der Waals surface area contributed by atoms with Gasteiger partial charge in [0.1, 0.15) is 0 Å². The Morgan fingerprint density at radius 3 is 2.81 bits per heavy atom. The zero-order valence-electron chi connectivity index (χ0n) is 18.0. The zero-order valence-corrected chi connectivity index (χ0v) is 18.8. The maximum absolute atomic E-state index is 12.9. The maximum atomic E-state index is 12.9. The van der Waals surface area contributed by atoms with E-state index in [9.17, 15) is 14.4 Å². The van der Waals surface area contributed by atoms with E-state index >= 15 is 0 Å². The highest BCUT2D eigenvalue weighted by Gasteiger charge is 2.36. The van der Waals surface area contributed by atoms with Crippen LogP contribution in [0.1, 0.15) is 52.7 Å². The van der Waals surface area contributed by atoms with Gasteiger partial charge >= 0.3 is 6.03 Å². The summed E-state index contributed by atoms with van der Waals surface area (Å²) in [7, 11) is 0. The molecule has 3 amide bonds. The SMILES string of the molecule is C=C1CCCC(N2Cc3cc(CNC(=O)Nc4ccc(C)c(Cl)c4)ccc3C2=O)C(=O)C1. The van der Waals surface area contributed by atoms with Crippen LogP contribution in [0.3, 0.4) is 0 Å². The molecule has 2 N–H and O–H groups in total. The highest BCUT2D eigenvalue weighted by atomic mass is 35.5. The Kier molecular flexibility index (Phi) is 6.33. The summed E-state index contributed by atoms with van der Waals surface area (Å²) in [4.78, 5) is 39.5. The predicted octanol–water partition coefficient (Wildman–Crippen LogP) is 4.99. The van der Waals surface area contributed by atoms with Crippen LogP contribution < -0.4 is 10.6 Å². The molecule has 1 aliphatic heterocycles. The van der Waals surface area contributed by atoms with Crippen molar-refractivity contribution in [2.24, 2.45) is 0 Å². The van der Waals surface area contributed by atoms with Crippen LogP contribution in [-0.2, 0) is 17.9 Å². The topological polar surface area (TPSA) is 78.5 Å². The molecule has 2 aromatic rings. The van der Waals surface area contributed by atoms with Gasteiger partial charge in [-0.3, -0.25) is 9.59 Å². The lowest BCUT2D eigenvalue weighted by Crippen LogP contribution is -2.40. The second-order valence-corrected chi connectivity index (χ2v) is 8.90. The summed E-state index contributed by atoms with van der Waals surface area (Å²) in [6.07, 6.45) is 2.73. The molecule has 1 unspecified atom stereocenters. The van der Waals surface area contributed by atoms with E-state index in [1.54, 1.807) is 23.1 Å². The standard InChI is InChI=1S/C25H26ClN3O3/c1-15-4-3-5-22(23(30)10-15)29-14-18-11-17(7-9-20(18)24(29)31)13-27-25(32)28-19-8-6-16(2)21(26)12-19/h6-9,11-12,22H,1,3-5,10,13-14H2,2H3,(H2,27,28,32). The van der Waals surface area contributed by atoms with Crippen molar-refractivity contribution in [2.45, 2.75) is 51.7 Å². The number of amides is 3. The molecule has 0 aromatic heterocycles. The van der Waals surface area contributed by atoms with Crippen molar-refractivity contribution in [1.29, 1.82) is 0 Å². The fraction of sp³-hybridized carbons (Fsp3) is 0.320. The minimum Gasteiger partial charge on any atom is -0.334 e. The van der Waals surface area contributed by atoms with Crippen molar-refractivity contribution in [1.82, 2.24) is 10.2 Å². The van der Waals surface area contributed by atoms with Gasteiger partial charge in [0, 0.05) is 35.8 Å². The van der Waals surface area contributed by atoms with Gasteiger partial charge in [-0.15, -0.1) is 0 Å². The number of Topliss-reactive ketones (excluding diaryl/α,β-unsaturated/α-hetero) is 1. The molecule has 1 atom stereocenters. The molecule has 166 valence electrons. The lowest BCUT2D eigenvalue weighted by Gasteiger charge is -2.25. The molecule has 2 aromatic carbocycles. The molecule has 1 saturated carbocycles. The first-order valence-corrected chi connectivity index (χ1v) is 11.1. The van der Waals surface area contributed by atoms with E-state index in [2.05, 4.69) is 17.2 Å². The monoisotopic (exact) mass is 451 g/mol. The number of nitrogens with one attached hydrogen (secondary N) is 2. The van der Waals surface area contributed by atoms with Crippen LogP contribution in [-0.4, -0.2) is 28.7 Å². The van der Waals surface area contributed by atoms with E-state index < -0.39 is 0 Å². The molecule has 2 aliphatic rings. The molecule has 4 rings (SSSR count). The Morgan fingerprint density at radius 1 is 1.22 bits per heavy atom. The second kappa shape index (κ2) is 9.17. The molecule has 0 spiro atoms. The van der Waals surface area contributed by atoms with Crippen LogP contribution in [0.2, 0.25) is 5.02 Å². The minimum atomic E-state index is -0.386. The van der Waals surface area contributed by atoms with Crippen molar-refractivity contribution < 1.29 is 14.4 Å². The molecule has 1 heterocycles. The van der Waals surface area contributed by atoms with Gasteiger partial charge < -0.3 is 15.5 Å². The molecular weight excluding hydrogens is 426 g/mol. The van der Waals surface area contributed by atoms with E-state index in [1.165, 1.54) is 0 Å². The van der Waals surface area contributed by atoms with Crippen LogP contribution in [0.15, 0.2) is 48.6 Å². The van der Waals surface area contributed by atoms with Crippen molar-refractivity contribution in [2.75, 3.05) is 5.32 Å². The first kappa shape index (κ1) is 22.1. The molecule has 0 saturated heterocycles. The van der Waals surface area contributed by atoms with Crippen LogP contribution in [0.25, 0.3) is 0 Å². The van der Waals surface area contributed by atoms with Gasteiger partial charge in [-0.2, -0.15) is 0 Å². The van der Waals surface area contributed by atoms with Crippen molar-refractivity contribution >= 4 is 35.0 Å².